The van der Waals surface area contributed by atoms with Crippen LogP contribution in [0.5, 0.6) is 0 Å². The first kappa shape index (κ1) is 13.8. The molecule has 1 unspecified atom stereocenters. The van der Waals surface area contributed by atoms with E-state index in [-0.39, 0.29) is 0 Å². The zero-order chi connectivity index (χ0) is 12.0. The molecule has 2 N–H and O–H groups in total. The van der Waals surface area contributed by atoms with E-state index in [1.165, 1.54) is 0 Å². The number of aliphatic carboxylic acids is 1. The number of hydrogen-bond donors (Lipinski definition) is 2. The van der Waals surface area contributed by atoms with Crippen LogP contribution in [0.2, 0.25) is 0 Å². The zero-order valence-corrected chi connectivity index (χ0v) is 10.8. The van der Waals surface area contributed by atoms with E-state index in [2.05, 4.69) is 5.32 Å². The van der Waals surface area contributed by atoms with E-state index in [0.29, 0.717) is 17.5 Å². The van der Waals surface area contributed by atoms with Gasteiger partial charge < -0.3 is 15.2 Å². The van der Waals surface area contributed by atoms with Crippen LogP contribution in [0.15, 0.2) is 0 Å². The fourth-order valence-electron chi connectivity index (χ4n) is 1.71. The van der Waals surface area contributed by atoms with Crippen LogP contribution in [0.4, 0.5) is 0 Å². The lowest BCUT2D eigenvalue weighted by atomic mass is 10.1. The van der Waals surface area contributed by atoms with Gasteiger partial charge in [0, 0.05) is 24.2 Å². The predicted molar refractivity (Wildman–Crippen MR) is 66.0 cm³/mol. The lowest BCUT2D eigenvalue weighted by molar-refractivity contribution is -0.143. The summed E-state index contributed by atoms with van der Waals surface area (Å²) >= 11 is 1.75. The maximum absolute atomic E-state index is 11.2. The van der Waals surface area contributed by atoms with Crippen molar-refractivity contribution in [3.63, 3.8) is 0 Å². The SMILES string of the molecule is CCNC(C)(CSC1CCOCC1)C(=O)O. The molecular formula is C11H21NO3S. The molecule has 0 spiro atoms. The van der Waals surface area contributed by atoms with Crippen molar-refractivity contribution >= 4 is 17.7 Å². The molecule has 94 valence electrons. The smallest absolute Gasteiger partial charge is 0.324 e. The summed E-state index contributed by atoms with van der Waals surface area (Å²) in [5.74, 6) is -0.158. The summed E-state index contributed by atoms with van der Waals surface area (Å²) in [5, 5.41) is 12.8. The van der Waals surface area contributed by atoms with E-state index >= 15 is 0 Å². The minimum atomic E-state index is -0.808. The fourth-order valence-corrected chi connectivity index (χ4v) is 3.03. The molecule has 0 amide bonds. The van der Waals surface area contributed by atoms with E-state index in [4.69, 9.17) is 4.74 Å². The highest BCUT2D eigenvalue weighted by Gasteiger charge is 2.33. The Morgan fingerprint density at radius 1 is 1.56 bits per heavy atom. The van der Waals surface area contributed by atoms with Crippen molar-refractivity contribution < 1.29 is 14.6 Å². The van der Waals surface area contributed by atoms with Crippen LogP contribution >= 0.6 is 11.8 Å². The first-order valence-corrected chi connectivity index (χ1v) is 6.81. The number of thioether (sulfide) groups is 1. The molecule has 1 atom stereocenters. The Balaban J connectivity index is 2.39. The van der Waals surface area contributed by atoms with Crippen molar-refractivity contribution in [3.05, 3.63) is 0 Å². The fraction of sp³-hybridized carbons (Fsp3) is 0.909. The monoisotopic (exact) mass is 247 g/mol. The Morgan fingerprint density at radius 3 is 2.69 bits per heavy atom. The van der Waals surface area contributed by atoms with Crippen LogP contribution in [0.25, 0.3) is 0 Å². The Kier molecular flexibility index (Phi) is 5.58. The number of carbonyl (C=O) groups is 1. The second-order valence-electron chi connectivity index (χ2n) is 4.29. The molecule has 0 aromatic carbocycles. The second-order valence-corrected chi connectivity index (χ2v) is 5.58. The van der Waals surface area contributed by atoms with Gasteiger partial charge in [-0.2, -0.15) is 11.8 Å². The molecule has 1 rings (SSSR count). The second kappa shape index (κ2) is 6.47. The highest BCUT2D eigenvalue weighted by Crippen LogP contribution is 2.25. The van der Waals surface area contributed by atoms with Gasteiger partial charge >= 0.3 is 5.97 Å². The molecule has 5 heteroatoms. The van der Waals surface area contributed by atoms with Crippen LogP contribution in [-0.4, -0.2) is 47.4 Å². The summed E-state index contributed by atoms with van der Waals surface area (Å²) in [7, 11) is 0. The summed E-state index contributed by atoms with van der Waals surface area (Å²) in [4.78, 5) is 11.2. The summed E-state index contributed by atoms with van der Waals surface area (Å²) in [6.07, 6.45) is 2.07. The molecule has 1 aliphatic heterocycles. The molecule has 0 radical (unpaired) electrons. The lowest BCUT2D eigenvalue weighted by Crippen LogP contribution is -2.52. The van der Waals surface area contributed by atoms with Gasteiger partial charge in [-0.15, -0.1) is 0 Å². The van der Waals surface area contributed by atoms with E-state index in [9.17, 15) is 9.90 Å². The largest absolute Gasteiger partial charge is 0.480 e. The molecule has 0 saturated carbocycles. The van der Waals surface area contributed by atoms with Crippen molar-refractivity contribution in [2.45, 2.75) is 37.5 Å². The van der Waals surface area contributed by atoms with Crippen molar-refractivity contribution in [1.29, 1.82) is 0 Å². The minimum Gasteiger partial charge on any atom is -0.480 e. The minimum absolute atomic E-state index is 0.547. The Hall–Kier alpha value is -0.260. The molecule has 4 nitrogen and oxygen atoms in total. The van der Waals surface area contributed by atoms with Crippen molar-refractivity contribution in [2.75, 3.05) is 25.5 Å². The van der Waals surface area contributed by atoms with Gasteiger partial charge in [-0.3, -0.25) is 4.79 Å². The number of nitrogens with one attached hydrogen (secondary N) is 1. The lowest BCUT2D eigenvalue weighted by Gasteiger charge is -2.29. The first-order chi connectivity index (χ1) is 7.58. The van der Waals surface area contributed by atoms with Gasteiger partial charge in [-0.05, 0) is 26.3 Å². The summed E-state index contributed by atoms with van der Waals surface area (Å²) < 4.78 is 5.28. The molecule has 0 aliphatic carbocycles. The quantitative estimate of drug-likeness (QED) is 0.742. The van der Waals surface area contributed by atoms with E-state index in [1.807, 2.05) is 6.92 Å². The molecule has 0 bridgehead atoms. The number of carboxylic acid groups (broad SMARTS) is 1. The summed E-state index contributed by atoms with van der Waals surface area (Å²) in [5.41, 5.74) is -0.808. The number of carboxylic acids is 1. The van der Waals surface area contributed by atoms with Crippen molar-refractivity contribution in [2.24, 2.45) is 0 Å². The van der Waals surface area contributed by atoms with Crippen LogP contribution in [0, 0.1) is 0 Å². The van der Waals surface area contributed by atoms with Crippen molar-refractivity contribution in [1.82, 2.24) is 5.32 Å². The van der Waals surface area contributed by atoms with Gasteiger partial charge in [0.05, 0.1) is 0 Å². The van der Waals surface area contributed by atoms with Gasteiger partial charge in [-0.1, -0.05) is 6.92 Å². The van der Waals surface area contributed by atoms with Gasteiger partial charge in [0.15, 0.2) is 0 Å². The van der Waals surface area contributed by atoms with Crippen LogP contribution in [0.3, 0.4) is 0 Å². The Labute approximate surface area is 101 Å². The topological polar surface area (TPSA) is 58.6 Å². The highest BCUT2D eigenvalue weighted by atomic mass is 32.2. The maximum Gasteiger partial charge on any atom is 0.324 e. The normalized spacial score (nSPS) is 21.6. The van der Waals surface area contributed by atoms with E-state index in [0.717, 1.165) is 26.1 Å². The van der Waals surface area contributed by atoms with Gasteiger partial charge in [-0.25, -0.2) is 0 Å². The van der Waals surface area contributed by atoms with Gasteiger partial charge in [0.1, 0.15) is 5.54 Å². The molecule has 1 aliphatic rings. The van der Waals surface area contributed by atoms with Gasteiger partial charge in [0.25, 0.3) is 0 Å². The predicted octanol–water partition coefficient (Wildman–Crippen LogP) is 1.35. The molecule has 0 aromatic heterocycles. The van der Waals surface area contributed by atoms with Gasteiger partial charge in [0.2, 0.25) is 0 Å². The molecule has 1 heterocycles. The van der Waals surface area contributed by atoms with Crippen LogP contribution in [0.1, 0.15) is 26.7 Å². The molecule has 0 aromatic rings. The summed E-state index contributed by atoms with van der Waals surface area (Å²) in [6, 6.07) is 0. The Morgan fingerprint density at radius 2 is 2.19 bits per heavy atom. The standard InChI is InChI=1S/C11H21NO3S/c1-3-12-11(2,10(13)14)8-16-9-4-6-15-7-5-9/h9,12H,3-8H2,1-2H3,(H,13,14). The number of likely N-dealkylation sites (N-methyl/N-ethyl adjacent to an activating group) is 1. The van der Waals surface area contributed by atoms with E-state index in [1.54, 1.807) is 18.7 Å². The maximum atomic E-state index is 11.2. The molecule has 1 fully saturated rings. The molecular weight excluding hydrogens is 226 g/mol. The number of rotatable bonds is 6. The van der Waals surface area contributed by atoms with E-state index < -0.39 is 11.5 Å². The van der Waals surface area contributed by atoms with Crippen LogP contribution < -0.4 is 5.32 Å². The highest BCUT2D eigenvalue weighted by molar-refractivity contribution is 8.00. The Bertz CT molecular complexity index is 231. The average molecular weight is 247 g/mol. The molecule has 1 saturated heterocycles. The van der Waals surface area contributed by atoms with Crippen molar-refractivity contribution in [3.8, 4) is 0 Å². The third kappa shape index (κ3) is 3.96. The third-order valence-electron chi connectivity index (χ3n) is 2.82. The average Bonchev–Trinajstić information content (AvgIpc) is 2.28. The third-order valence-corrected chi connectivity index (χ3v) is 4.50. The number of hydrogen-bond acceptors (Lipinski definition) is 4. The molecule has 16 heavy (non-hydrogen) atoms. The van der Waals surface area contributed by atoms with Crippen LogP contribution in [-0.2, 0) is 9.53 Å². The zero-order valence-electron chi connectivity index (χ0n) is 9.99. The first-order valence-electron chi connectivity index (χ1n) is 5.76. The summed E-state index contributed by atoms with van der Waals surface area (Å²) in [6.45, 7) is 5.98. The number of ether oxygens (including phenoxy) is 1.